The lowest BCUT2D eigenvalue weighted by Crippen LogP contribution is -2.34. The van der Waals surface area contributed by atoms with Gasteiger partial charge in [0.1, 0.15) is 0 Å². The lowest BCUT2D eigenvalue weighted by atomic mass is 10.0. The zero-order valence-electron chi connectivity index (χ0n) is 17.7. The van der Waals surface area contributed by atoms with E-state index >= 15 is 0 Å². The van der Waals surface area contributed by atoms with Gasteiger partial charge in [0.25, 0.3) is 5.91 Å². The fraction of sp³-hybridized carbons (Fsp3) is 0.348. The number of nitrogens with one attached hydrogen (secondary N) is 1. The molecule has 1 amide bonds. The quantitative estimate of drug-likeness (QED) is 0.456. The summed E-state index contributed by atoms with van der Waals surface area (Å²) in [7, 11) is 0. The van der Waals surface area contributed by atoms with Gasteiger partial charge >= 0.3 is 0 Å². The summed E-state index contributed by atoms with van der Waals surface area (Å²) in [6.07, 6.45) is 0. The lowest BCUT2D eigenvalue weighted by molar-refractivity contribution is 0.0922. The van der Waals surface area contributed by atoms with Crippen molar-refractivity contribution in [3.05, 3.63) is 76.1 Å². The van der Waals surface area contributed by atoms with Crippen molar-refractivity contribution in [2.75, 3.05) is 0 Å². The molecule has 3 aromatic rings. The molecular weight excluding hydrogens is 416 g/mol. The van der Waals surface area contributed by atoms with Crippen molar-refractivity contribution in [2.45, 2.75) is 51.2 Å². The van der Waals surface area contributed by atoms with Crippen LogP contribution < -0.4 is 5.32 Å². The lowest BCUT2D eigenvalue weighted by Gasteiger charge is -2.22. The molecule has 0 bridgehead atoms. The number of hydrogen-bond acceptors (Lipinski definition) is 4. The van der Waals surface area contributed by atoms with E-state index in [1.165, 1.54) is 11.1 Å². The largest absolute Gasteiger partial charge is 0.342 e. The molecule has 0 aliphatic carbocycles. The Kier molecular flexibility index (Phi) is 7.56. The van der Waals surface area contributed by atoms with Crippen molar-refractivity contribution in [3.63, 3.8) is 0 Å². The van der Waals surface area contributed by atoms with Crippen molar-refractivity contribution < 1.29 is 4.79 Å². The molecular formula is C23H27ClN4OS. The molecule has 0 aliphatic rings. The van der Waals surface area contributed by atoms with E-state index in [9.17, 15) is 4.79 Å². The van der Waals surface area contributed by atoms with Crippen LogP contribution in [0.25, 0.3) is 0 Å². The van der Waals surface area contributed by atoms with Gasteiger partial charge in [-0.25, -0.2) is 0 Å². The second kappa shape index (κ2) is 10.1. The topological polar surface area (TPSA) is 59.8 Å². The zero-order chi connectivity index (χ0) is 21.7. The van der Waals surface area contributed by atoms with E-state index in [1.54, 1.807) is 30.0 Å². The SMILES string of the molecule is CCn1c(SCc2ccc(C)cc2)nnc1C(NC(=O)c1ccccc1Cl)C(C)C. The smallest absolute Gasteiger partial charge is 0.253 e. The highest BCUT2D eigenvalue weighted by atomic mass is 35.5. The summed E-state index contributed by atoms with van der Waals surface area (Å²) in [5.41, 5.74) is 2.95. The average Bonchev–Trinajstić information content (AvgIpc) is 3.14. The summed E-state index contributed by atoms with van der Waals surface area (Å²) in [6.45, 7) is 9.00. The van der Waals surface area contributed by atoms with Gasteiger partial charge in [-0.3, -0.25) is 4.79 Å². The minimum Gasteiger partial charge on any atom is -0.342 e. The molecule has 0 saturated carbocycles. The Morgan fingerprint density at radius 3 is 2.47 bits per heavy atom. The zero-order valence-corrected chi connectivity index (χ0v) is 19.3. The fourth-order valence-corrected chi connectivity index (χ4v) is 4.35. The second-order valence-corrected chi connectivity index (χ2v) is 8.88. The van der Waals surface area contributed by atoms with E-state index < -0.39 is 0 Å². The molecule has 0 spiro atoms. The predicted octanol–water partition coefficient (Wildman–Crippen LogP) is 5.68. The van der Waals surface area contributed by atoms with Gasteiger partial charge in [0.05, 0.1) is 16.6 Å². The highest BCUT2D eigenvalue weighted by Crippen LogP contribution is 2.28. The Labute approximate surface area is 187 Å². The number of amides is 1. The number of carbonyl (C=O) groups is 1. The third-order valence-corrected chi connectivity index (χ3v) is 6.27. The van der Waals surface area contributed by atoms with Crippen molar-refractivity contribution >= 4 is 29.3 Å². The fourth-order valence-electron chi connectivity index (χ4n) is 3.16. The predicted molar refractivity (Wildman–Crippen MR) is 123 cm³/mol. The first-order valence-electron chi connectivity index (χ1n) is 10.1. The maximum absolute atomic E-state index is 12.8. The molecule has 158 valence electrons. The molecule has 2 aromatic carbocycles. The Morgan fingerprint density at radius 2 is 1.83 bits per heavy atom. The Balaban J connectivity index is 1.80. The standard InChI is InChI=1S/C23H27ClN4OS/c1-5-28-21(26-27-23(28)30-14-17-12-10-16(4)11-13-17)20(15(2)3)25-22(29)18-8-6-7-9-19(18)24/h6-13,15,20H,5,14H2,1-4H3,(H,25,29). The van der Waals surface area contributed by atoms with E-state index in [0.717, 1.165) is 23.3 Å². The average molecular weight is 443 g/mol. The number of nitrogens with zero attached hydrogens (tertiary/aromatic N) is 3. The van der Waals surface area contributed by atoms with Crippen LogP contribution >= 0.6 is 23.4 Å². The summed E-state index contributed by atoms with van der Waals surface area (Å²) in [5, 5.41) is 13.3. The van der Waals surface area contributed by atoms with E-state index in [1.807, 2.05) is 6.07 Å². The maximum Gasteiger partial charge on any atom is 0.253 e. The van der Waals surface area contributed by atoms with Gasteiger partial charge in [-0.15, -0.1) is 10.2 Å². The number of carbonyl (C=O) groups excluding carboxylic acids is 1. The minimum atomic E-state index is -0.269. The summed E-state index contributed by atoms with van der Waals surface area (Å²) < 4.78 is 2.08. The molecule has 30 heavy (non-hydrogen) atoms. The first kappa shape index (κ1) is 22.4. The van der Waals surface area contributed by atoms with E-state index in [2.05, 4.69) is 72.0 Å². The molecule has 0 radical (unpaired) electrons. The normalized spacial score (nSPS) is 12.2. The van der Waals surface area contributed by atoms with Gasteiger partial charge < -0.3 is 9.88 Å². The summed E-state index contributed by atoms with van der Waals surface area (Å²) in [4.78, 5) is 12.8. The van der Waals surface area contributed by atoms with Gasteiger partial charge in [-0.1, -0.05) is 79.2 Å². The number of hydrogen-bond donors (Lipinski definition) is 1. The van der Waals surface area contributed by atoms with Gasteiger partial charge in [0.2, 0.25) is 0 Å². The van der Waals surface area contributed by atoms with Crippen LogP contribution in [-0.4, -0.2) is 20.7 Å². The minimum absolute atomic E-state index is 0.140. The molecule has 1 aromatic heterocycles. The third kappa shape index (κ3) is 5.24. The summed E-state index contributed by atoms with van der Waals surface area (Å²) in [6, 6.07) is 15.3. The summed E-state index contributed by atoms with van der Waals surface area (Å²) in [5.74, 6) is 1.51. The number of halogens is 1. The van der Waals surface area contributed by atoms with Crippen LogP contribution in [0.3, 0.4) is 0 Å². The van der Waals surface area contributed by atoms with Crippen LogP contribution in [0.1, 0.15) is 54.1 Å². The molecule has 0 aliphatic heterocycles. The van der Waals surface area contributed by atoms with Crippen LogP contribution in [-0.2, 0) is 12.3 Å². The van der Waals surface area contributed by atoms with Crippen molar-refractivity contribution in [2.24, 2.45) is 5.92 Å². The molecule has 1 heterocycles. The Hall–Kier alpha value is -2.31. The monoisotopic (exact) mass is 442 g/mol. The Morgan fingerprint density at radius 1 is 1.13 bits per heavy atom. The van der Waals surface area contributed by atoms with Crippen molar-refractivity contribution in [1.29, 1.82) is 0 Å². The van der Waals surface area contributed by atoms with E-state index in [4.69, 9.17) is 11.6 Å². The molecule has 3 rings (SSSR count). The molecule has 0 fully saturated rings. The van der Waals surface area contributed by atoms with Crippen molar-refractivity contribution in [3.8, 4) is 0 Å². The first-order valence-corrected chi connectivity index (χ1v) is 11.4. The number of aromatic nitrogens is 3. The maximum atomic E-state index is 12.8. The highest BCUT2D eigenvalue weighted by molar-refractivity contribution is 7.98. The van der Waals surface area contributed by atoms with Crippen LogP contribution in [0, 0.1) is 12.8 Å². The number of aryl methyl sites for hydroxylation is 1. The van der Waals surface area contributed by atoms with Crippen LogP contribution in [0.4, 0.5) is 0 Å². The van der Waals surface area contributed by atoms with Crippen LogP contribution in [0.2, 0.25) is 5.02 Å². The molecule has 1 unspecified atom stereocenters. The molecule has 1 N–H and O–H groups in total. The van der Waals surface area contributed by atoms with Gasteiger partial charge in [0, 0.05) is 12.3 Å². The van der Waals surface area contributed by atoms with E-state index in [0.29, 0.717) is 10.6 Å². The second-order valence-electron chi connectivity index (χ2n) is 7.53. The highest BCUT2D eigenvalue weighted by Gasteiger charge is 2.26. The van der Waals surface area contributed by atoms with Crippen LogP contribution in [0.15, 0.2) is 53.7 Å². The molecule has 7 heteroatoms. The van der Waals surface area contributed by atoms with Gasteiger partial charge in [0.15, 0.2) is 11.0 Å². The number of benzene rings is 2. The van der Waals surface area contributed by atoms with Gasteiger partial charge in [-0.2, -0.15) is 0 Å². The summed E-state index contributed by atoms with van der Waals surface area (Å²) >= 11 is 7.86. The molecule has 5 nitrogen and oxygen atoms in total. The number of thioether (sulfide) groups is 1. The molecule has 0 saturated heterocycles. The van der Waals surface area contributed by atoms with Gasteiger partial charge in [-0.05, 0) is 37.5 Å². The third-order valence-electron chi connectivity index (χ3n) is 4.90. The van der Waals surface area contributed by atoms with E-state index in [-0.39, 0.29) is 17.9 Å². The van der Waals surface area contributed by atoms with Crippen molar-refractivity contribution in [1.82, 2.24) is 20.1 Å². The first-order chi connectivity index (χ1) is 14.4. The van der Waals surface area contributed by atoms with Crippen LogP contribution in [0.5, 0.6) is 0 Å². The Bertz CT molecular complexity index is 1000. The number of rotatable bonds is 8. The molecule has 1 atom stereocenters.